The van der Waals surface area contributed by atoms with Crippen LogP contribution >= 0.6 is 24.2 Å². The summed E-state index contributed by atoms with van der Waals surface area (Å²) >= 11 is 1.64. The Kier molecular flexibility index (Phi) is 6.75. The standard InChI is InChI=1S/C17H22N4O2S.ClH/c1-21(10-11-4-5-15(24-3)14(8-11)23-2)17(22)16-12-9-18-7-6-13(12)19-20-16;/h4-5,8,18H,6-7,9-10H2,1-3H3,(H,19,20);1H. The molecule has 1 aromatic heterocycles. The number of aromatic amines is 1. The lowest BCUT2D eigenvalue weighted by Crippen LogP contribution is -2.30. The molecule has 2 aromatic rings. The van der Waals surface area contributed by atoms with Gasteiger partial charge in [-0.15, -0.1) is 24.2 Å². The van der Waals surface area contributed by atoms with E-state index in [-0.39, 0.29) is 18.3 Å². The molecule has 1 aromatic carbocycles. The van der Waals surface area contributed by atoms with Gasteiger partial charge in [0, 0.05) is 49.3 Å². The Hall–Kier alpha value is -1.70. The Morgan fingerprint density at radius 1 is 1.44 bits per heavy atom. The summed E-state index contributed by atoms with van der Waals surface area (Å²) in [4.78, 5) is 15.5. The van der Waals surface area contributed by atoms with Gasteiger partial charge in [-0.05, 0) is 24.0 Å². The first-order chi connectivity index (χ1) is 11.6. The van der Waals surface area contributed by atoms with E-state index in [0.717, 1.165) is 40.4 Å². The van der Waals surface area contributed by atoms with E-state index < -0.39 is 0 Å². The van der Waals surface area contributed by atoms with Crippen molar-refractivity contribution in [3.05, 3.63) is 40.7 Å². The molecule has 1 aliphatic heterocycles. The highest BCUT2D eigenvalue weighted by Gasteiger charge is 2.24. The summed E-state index contributed by atoms with van der Waals surface area (Å²) in [5.74, 6) is 0.770. The van der Waals surface area contributed by atoms with Gasteiger partial charge in [-0.2, -0.15) is 5.10 Å². The fourth-order valence-electron chi connectivity index (χ4n) is 2.91. The second kappa shape index (κ2) is 8.60. The molecule has 6 nitrogen and oxygen atoms in total. The summed E-state index contributed by atoms with van der Waals surface area (Å²) in [5, 5.41) is 10.5. The molecule has 2 N–H and O–H groups in total. The molecule has 1 aliphatic rings. The van der Waals surface area contributed by atoms with Gasteiger partial charge in [-0.25, -0.2) is 0 Å². The molecule has 0 spiro atoms. The summed E-state index contributed by atoms with van der Waals surface area (Å²) < 4.78 is 5.42. The number of hydrogen-bond donors (Lipinski definition) is 2. The summed E-state index contributed by atoms with van der Waals surface area (Å²) in [7, 11) is 3.46. The zero-order valence-electron chi connectivity index (χ0n) is 14.6. The van der Waals surface area contributed by atoms with Crippen molar-refractivity contribution in [3.63, 3.8) is 0 Å². The molecule has 2 heterocycles. The van der Waals surface area contributed by atoms with Crippen LogP contribution in [0.1, 0.15) is 27.3 Å². The molecule has 8 heteroatoms. The molecule has 25 heavy (non-hydrogen) atoms. The lowest BCUT2D eigenvalue weighted by molar-refractivity contribution is 0.0777. The number of halogens is 1. The van der Waals surface area contributed by atoms with Gasteiger partial charge in [0.2, 0.25) is 0 Å². The molecular weight excluding hydrogens is 360 g/mol. The maximum absolute atomic E-state index is 12.7. The van der Waals surface area contributed by atoms with E-state index in [4.69, 9.17) is 4.74 Å². The number of ether oxygens (including phenoxy) is 1. The number of H-pyrrole nitrogens is 1. The Morgan fingerprint density at radius 3 is 2.96 bits per heavy atom. The van der Waals surface area contributed by atoms with Gasteiger partial charge >= 0.3 is 0 Å². The number of nitrogens with zero attached hydrogens (tertiary/aromatic N) is 2. The number of methoxy groups -OCH3 is 1. The fraction of sp³-hybridized carbons (Fsp3) is 0.412. The molecule has 0 atom stereocenters. The lowest BCUT2D eigenvalue weighted by Gasteiger charge is -2.19. The normalized spacial score (nSPS) is 12.9. The van der Waals surface area contributed by atoms with E-state index >= 15 is 0 Å². The van der Waals surface area contributed by atoms with Crippen LogP contribution in [0.5, 0.6) is 5.75 Å². The van der Waals surface area contributed by atoms with Crippen LogP contribution in [0.2, 0.25) is 0 Å². The number of hydrogen-bond acceptors (Lipinski definition) is 5. The van der Waals surface area contributed by atoms with Gasteiger partial charge in [0.1, 0.15) is 5.75 Å². The lowest BCUT2D eigenvalue weighted by atomic mass is 10.1. The van der Waals surface area contributed by atoms with E-state index in [1.165, 1.54) is 0 Å². The van der Waals surface area contributed by atoms with Gasteiger partial charge in [0.15, 0.2) is 5.69 Å². The molecule has 0 aliphatic carbocycles. The predicted octanol–water partition coefficient (Wildman–Crippen LogP) is 2.48. The Labute approximate surface area is 158 Å². The second-order valence-corrected chi connectivity index (χ2v) is 6.65. The number of rotatable bonds is 5. The Bertz CT molecular complexity index is 750. The zero-order valence-corrected chi connectivity index (χ0v) is 16.2. The van der Waals surface area contributed by atoms with E-state index in [1.54, 1.807) is 30.8 Å². The van der Waals surface area contributed by atoms with Crippen LogP contribution in [0, 0.1) is 0 Å². The maximum Gasteiger partial charge on any atom is 0.274 e. The number of carbonyl (C=O) groups is 1. The molecule has 0 unspecified atom stereocenters. The van der Waals surface area contributed by atoms with E-state index in [9.17, 15) is 4.79 Å². The third-order valence-electron chi connectivity index (χ3n) is 4.22. The summed E-state index contributed by atoms with van der Waals surface area (Å²) in [6, 6.07) is 6.04. The van der Waals surface area contributed by atoms with Crippen molar-refractivity contribution >= 4 is 30.1 Å². The van der Waals surface area contributed by atoms with Crippen LogP contribution in [0.3, 0.4) is 0 Å². The topological polar surface area (TPSA) is 70.2 Å². The summed E-state index contributed by atoms with van der Waals surface area (Å²) in [6.07, 6.45) is 2.90. The van der Waals surface area contributed by atoms with Crippen molar-refractivity contribution in [2.75, 3.05) is 27.0 Å². The monoisotopic (exact) mass is 382 g/mol. The largest absolute Gasteiger partial charge is 0.496 e. The molecule has 0 saturated carbocycles. The molecule has 1 amide bonds. The van der Waals surface area contributed by atoms with Crippen LogP contribution in [-0.4, -0.2) is 48.0 Å². The molecular formula is C17H23ClN4O2S. The first-order valence-electron chi connectivity index (χ1n) is 7.87. The highest BCUT2D eigenvalue weighted by molar-refractivity contribution is 7.98. The SMILES string of the molecule is COc1cc(CN(C)C(=O)c2n[nH]c3c2CNCC3)ccc1SC.Cl. The number of benzene rings is 1. The summed E-state index contributed by atoms with van der Waals surface area (Å²) in [5.41, 5.74) is 3.61. The third kappa shape index (κ3) is 4.11. The van der Waals surface area contributed by atoms with Gasteiger partial charge in [0.05, 0.1) is 7.11 Å². The average molecular weight is 383 g/mol. The third-order valence-corrected chi connectivity index (χ3v) is 5.00. The van der Waals surface area contributed by atoms with Crippen molar-refractivity contribution < 1.29 is 9.53 Å². The molecule has 0 bridgehead atoms. The number of carbonyl (C=O) groups excluding carboxylic acids is 1. The van der Waals surface area contributed by atoms with Crippen molar-refractivity contribution in [3.8, 4) is 5.75 Å². The van der Waals surface area contributed by atoms with E-state index in [0.29, 0.717) is 18.8 Å². The first kappa shape index (κ1) is 19.6. The molecule has 3 rings (SSSR count). The smallest absolute Gasteiger partial charge is 0.274 e. The minimum atomic E-state index is -0.0656. The quantitative estimate of drug-likeness (QED) is 0.777. The van der Waals surface area contributed by atoms with Crippen LogP contribution in [0.4, 0.5) is 0 Å². The van der Waals surface area contributed by atoms with Crippen molar-refractivity contribution in [2.24, 2.45) is 0 Å². The number of amides is 1. The van der Waals surface area contributed by atoms with Gasteiger partial charge in [0.25, 0.3) is 5.91 Å². The van der Waals surface area contributed by atoms with Gasteiger partial charge < -0.3 is 15.0 Å². The summed E-state index contributed by atoms with van der Waals surface area (Å²) in [6.45, 7) is 2.12. The first-order valence-corrected chi connectivity index (χ1v) is 9.09. The number of aromatic nitrogens is 2. The fourth-order valence-corrected chi connectivity index (χ4v) is 3.46. The maximum atomic E-state index is 12.7. The second-order valence-electron chi connectivity index (χ2n) is 5.81. The molecule has 0 fully saturated rings. The van der Waals surface area contributed by atoms with E-state index in [1.807, 2.05) is 24.5 Å². The minimum absolute atomic E-state index is 0. The van der Waals surface area contributed by atoms with E-state index in [2.05, 4.69) is 15.5 Å². The van der Waals surface area contributed by atoms with Crippen molar-refractivity contribution in [2.45, 2.75) is 24.4 Å². The van der Waals surface area contributed by atoms with Crippen LogP contribution in [0.25, 0.3) is 0 Å². The Morgan fingerprint density at radius 2 is 2.24 bits per heavy atom. The van der Waals surface area contributed by atoms with Crippen LogP contribution < -0.4 is 10.1 Å². The minimum Gasteiger partial charge on any atom is -0.496 e. The molecule has 0 radical (unpaired) electrons. The van der Waals surface area contributed by atoms with Gasteiger partial charge in [-0.3, -0.25) is 9.89 Å². The van der Waals surface area contributed by atoms with Crippen molar-refractivity contribution in [1.29, 1.82) is 0 Å². The molecule has 136 valence electrons. The zero-order chi connectivity index (χ0) is 17.1. The number of fused-ring (bicyclic) bond motifs is 1. The van der Waals surface area contributed by atoms with Crippen molar-refractivity contribution in [1.82, 2.24) is 20.4 Å². The van der Waals surface area contributed by atoms with Crippen LogP contribution in [-0.2, 0) is 19.5 Å². The number of nitrogens with one attached hydrogen (secondary N) is 2. The molecule has 0 saturated heterocycles. The highest BCUT2D eigenvalue weighted by atomic mass is 35.5. The average Bonchev–Trinajstić information content (AvgIpc) is 3.04. The van der Waals surface area contributed by atoms with Gasteiger partial charge in [-0.1, -0.05) is 6.07 Å². The Balaban J connectivity index is 0.00000225. The number of thioether (sulfide) groups is 1. The highest BCUT2D eigenvalue weighted by Crippen LogP contribution is 2.29. The van der Waals surface area contributed by atoms with Crippen LogP contribution in [0.15, 0.2) is 23.1 Å². The predicted molar refractivity (Wildman–Crippen MR) is 102 cm³/mol.